The molecule has 0 N–H and O–H groups in total. The monoisotopic (exact) mass is 188 g/mol. The molecule has 0 heterocycles. The second-order valence-corrected chi connectivity index (χ2v) is 5.54. The van der Waals surface area contributed by atoms with Gasteiger partial charge >= 0.3 is 0 Å². The van der Waals surface area contributed by atoms with Crippen LogP contribution in [0.3, 0.4) is 0 Å². The topological polar surface area (TPSA) is 0 Å². The molecule has 0 radical (unpaired) electrons. The maximum absolute atomic E-state index is 5.97. The summed E-state index contributed by atoms with van der Waals surface area (Å²) in [5.74, 6) is 0. The number of benzene rings is 1. The Morgan fingerprint density at radius 1 is 1.27 bits per heavy atom. The van der Waals surface area contributed by atoms with E-state index in [1.165, 1.54) is 4.90 Å². The second kappa shape index (κ2) is 3.51. The van der Waals surface area contributed by atoms with Crippen LogP contribution in [0.25, 0.3) is 0 Å². The zero-order chi connectivity index (χ0) is 8.43. The van der Waals surface area contributed by atoms with Crippen molar-refractivity contribution in [2.24, 2.45) is 0 Å². The van der Waals surface area contributed by atoms with Gasteiger partial charge in [0.2, 0.25) is 0 Å². The molecule has 0 fully saturated rings. The summed E-state index contributed by atoms with van der Waals surface area (Å²) in [6.07, 6.45) is 4.46. The van der Waals surface area contributed by atoms with E-state index in [-0.39, 0.29) is 10.9 Å². The van der Waals surface area contributed by atoms with Crippen molar-refractivity contribution in [1.29, 1.82) is 0 Å². The van der Waals surface area contributed by atoms with Crippen LogP contribution in [0.4, 0.5) is 0 Å². The van der Waals surface area contributed by atoms with E-state index in [1.54, 1.807) is 0 Å². The number of halogens is 1. The van der Waals surface area contributed by atoms with E-state index in [9.17, 15) is 0 Å². The van der Waals surface area contributed by atoms with Gasteiger partial charge in [-0.05, 0) is 42.0 Å². The molecule has 1 aromatic rings. The summed E-state index contributed by atoms with van der Waals surface area (Å²) in [4.78, 5) is 1.37. The molecule has 0 aliphatic carbocycles. The van der Waals surface area contributed by atoms with Gasteiger partial charge in [0, 0.05) is 5.02 Å². The molecule has 0 saturated heterocycles. The van der Waals surface area contributed by atoms with Crippen molar-refractivity contribution in [3.63, 3.8) is 0 Å². The molecule has 0 amide bonds. The first kappa shape index (κ1) is 8.95. The first-order valence-electron chi connectivity index (χ1n) is 3.55. The van der Waals surface area contributed by atoms with E-state index < -0.39 is 0 Å². The molecule has 62 valence electrons. The van der Waals surface area contributed by atoms with Crippen molar-refractivity contribution in [1.82, 2.24) is 0 Å². The summed E-state index contributed by atoms with van der Waals surface area (Å²) in [6.45, 7) is 2.03. The standard InChI is InChI=1S/C9H13ClS/c1-7-4-5-8(11(2)3)6-9(7)10/h4-6,11H,1-3H3. The Labute approximate surface area is 75.9 Å². The Morgan fingerprint density at radius 2 is 1.91 bits per heavy atom. The maximum atomic E-state index is 5.97. The molecule has 0 unspecified atom stereocenters. The highest BCUT2D eigenvalue weighted by molar-refractivity contribution is 8.15. The smallest absolute Gasteiger partial charge is 0.0445 e. The van der Waals surface area contributed by atoms with E-state index in [4.69, 9.17) is 11.6 Å². The summed E-state index contributed by atoms with van der Waals surface area (Å²) in [6, 6.07) is 6.31. The first-order valence-corrected chi connectivity index (χ1v) is 6.16. The number of aryl methyl sites for hydroxylation is 1. The highest BCUT2D eigenvalue weighted by Gasteiger charge is 1.98. The average Bonchev–Trinajstić information content (AvgIpc) is 1.94. The lowest BCUT2D eigenvalue weighted by molar-refractivity contribution is 1.37. The summed E-state index contributed by atoms with van der Waals surface area (Å²) in [5, 5.41) is 0.888. The molecule has 1 aromatic carbocycles. The van der Waals surface area contributed by atoms with Gasteiger partial charge < -0.3 is 0 Å². The maximum Gasteiger partial charge on any atom is 0.0445 e. The molecule has 0 aliphatic heterocycles. The van der Waals surface area contributed by atoms with Crippen LogP contribution in [0.15, 0.2) is 23.1 Å². The quantitative estimate of drug-likeness (QED) is 0.643. The van der Waals surface area contributed by atoms with Crippen LogP contribution in [0, 0.1) is 6.92 Å². The molecule has 2 heteroatoms. The van der Waals surface area contributed by atoms with Gasteiger partial charge in [0.05, 0.1) is 0 Å². The second-order valence-electron chi connectivity index (χ2n) is 2.83. The molecular formula is C9H13ClS. The van der Waals surface area contributed by atoms with E-state index in [0.717, 1.165) is 10.6 Å². The minimum Gasteiger partial charge on any atom is -0.233 e. The zero-order valence-electron chi connectivity index (χ0n) is 7.06. The van der Waals surface area contributed by atoms with Crippen LogP contribution < -0.4 is 0 Å². The number of hydrogen-bond acceptors (Lipinski definition) is 0. The lowest BCUT2D eigenvalue weighted by atomic mass is 10.2. The summed E-state index contributed by atoms with van der Waals surface area (Å²) in [5.41, 5.74) is 1.16. The van der Waals surface area contributed by atoms with Gasteiger partial charge in [-0.25, -0.2) is 10.9 Å². The Balaban J connectivity index is 3.05. The predicted molar refractivity (Wildman–Crippen MR) is 55.3 cm³/mol. The Bertz CT molecular complexity index is 256. The van der Waals surface area contributed by atoms with Crippen molar-refractivity contribution < 1.29 is 0 Å². The summed E-state index contributed by atoms with van der Waals surface area (Å²) in [7, 11) is -0.00861. The fourth-order valence-electron chi connectivity index (χ4n) is 0.860. The molecule has 0 atom stereocenters. The van der Waals surface area contributed by atoms with Gasteiger partial charge in [0.15, 0.2) is 0 Å². The van der Waals surface area contributed by atoms with Gasteiger partial charge in [-0.1, -0.05) is 17.7 Å². The van der Waals surface area contributed by atoms with E-state index in [1.807, 2.05) is 6.92 Å². The molecule has 0 bridgehead atoms. The third kappa shape index (κ3) is 2.14. The van der Waals surface area contributed by atoms with Crippen LogP contribution in [-0.2, 0) is 0 Å². The van der Waals surface area contributed by atoms with Crippen LogP contribution in [0.1, 0.15) is 5.56 Å². The van der Waals surface area contributed by atoms with Crippen LogP contribution in [0.2, 0.25) is 5.02 Å². The van der Waals surface area contributed by atoms with Crippen molar-refractivity contribution >= 4 is 22.5 Å². The molecule has 1 rings (SSSR count). The lowest BCUT2D eigenvalue weighted by Crippen LogP contribution is -1.80. The lowest BCUT2D eigenvalue weighted by Gasteiger charge is -2.10. The highest BCUT2D eigenvalue weighted by Crippen LogP contribution is 2.31. The molecule has 0 spiro atoms. The van der Waals surface area contributed by atoms with Crippen molar-refractivity contribution in [2.45, 2.75) is 11.8 Å². The number of rotatable bonds is 1. The van der Waals surface area contributed by atoms with E-state index in [2.05, 4.69) is 30.7 Å². The van der Waals surface area contributed by atoms with E-state index >= 15 is 0 Å². The normalized spacial score (nSPS) is 11.5. The van der Waals surface area contributed by atoms with Crippen LogP contribution in [-0.4, -0.2) is 12.5 Å². The summed E-state index contributed by atoms with van der Waals surface area (Å²) < 4.78 is 0. The van der Waals surface area contributed by atoms with Crippen molar-refractivity contribution in [2.75, 3.05) is 12.5 Å². The number of thiol groups is 1. The van der Waals surface area contributed by atoms with Crippen LogP contribution in [0.5, 0.6) is 0 Å². The average molecular weight is 189 g/mol. The molecular weight excluding hydrogens is 176 g/mol. The highest BCUT2D eigenvalue weighted by atomic mass is 35.5. The van der Waals surface area contributed by atoms with Crippen molar-refractivity contribution in [3.8, 4) is 0 Å². The Kier molecular flexibility index (Phi) is 2.85. The minimum atomic E-state index is -0.00861. The van der Waals surface area contributed by atoms with Crippen LogP contribution >= 0.6 is 22.5 Å². The first-order chi connectivity index (χ1) is 5.11. The van der Waals surface area contributed by atoms with Crippen molar-refractivity contribution in [3.05, 3.63) is 28.8 Å². The summed E-state index contributed by atoms with van der Waals surface area (Å²) >= 11 is 5.97. The molecule has 0 nitrogen and oxygen atoms in total. The fourth-order valence-corrected chi connectivity index (χ4v) is 1.88. The Morgan fingerprint density at radius 3 is 2.36 bits per heavy atom. The van der Waals surface area contributed by atoms with Gasteiger partial charge in [-0.2, -0.15) is 0 Å². The van der Waals surface area contributed by atoms with Gasteiger partial charge in [0.25, 0.3) is 0 Å². The fraction of sp³-hybridized carbons (Fsp3) is 0.333. The zero-order valence-corrected chi connectivity index (χ0v) is 8.71. The molecule has 0 aliphatic rings. The largest absolute Gasteiger partial charge is 0.233 e. The molecule has 0 saturated carbocycles. The number of hydrogen-bond donors (Lipinski definition) is 1. The third-order valence-corrected chi connectivity index (χ3v) is 3.39. The molecule has 0 aromatic heterocycles. The van der Waals surface area contributed by atoms with Gasteiger partial charge in [-0.3, -0.25) is 0 Å². The minimum absolute atomic E-state index is 0.00861. The molecule has 11 heavy (non-hydrogen) atoms. The van der Waals surface area contributed by atoms with E-state index in [0.29, 0.717) is 0 Å². The van der Waals surface area contributed by atoms with Gasteiger partial charge in [0.1, 0.15) is 0 Å². The predicted octanol–water partition coefficient (Wildman–Crippen LogP) is 3.27. The SMILES string of the molecule is Cc1ccc([SH](C)C)cc1Cl. The Hall–Kier alpha value is -0.140. The third-order valence-electron chi connectivity index (χ3n) is 1.67. The van der Waals surface area contributed by atoms with Gasteiger partial charge in [-0.15, -0.1) is 0 Å².